The SMILES string of the molecule is Cc1nc(C(C)C)ccc1-c1ccc2c(ccc3sc4c(c32)NC[C@@H](C)NC4=O)n1. The first-order chi connectivity index (χ1) is 14.4. The van der Waals surface area contributed by atoms with Crippen LogP contribution >= 0.6 is 11.3 Å². The molecule has 1 aliphatic rings. The minimum Gasteiger partial charge on any atom is -0.381 e. The van der Waals surface area contributed by atoms with Crippen molar-refractivity contribution in [3.63, 3.8) is 0 Å². The number of fused-ring (bicyclic) bond motifs is 5. The molecule has 1 atom stereocenters. The van der Waals surface area contributed by atoms with E-state index in [-0.39, 0.29) is 11.9 Å². The Hall–Kier alpha value is -2.99. The average molecular weight is 417 g/mol. The van der Waals surface area contributed by atoms with Gasteiger partial charge in [-0.25, -0.2) is 4.98 Å². The monoisotopic (exact) mass is 416 g/mol. The molecular weight excluding hydrogens is 392 g/mol. The summed E-state index contributed by atoms with van der Waals surface area (Å²) in [7, 11) is 0. The van der Waals surface area contributed by atoms with Gasteiger partial charge in [0.05, 0.1) is 16.9 Å². The Balaban J connectivity index is 1.66. The molecule has 0 unspecified atom stereocenters. The molecule has 4 aromatic rings. The third-order valence-electron chi connectivity index (χ3n) is 5.67. The van der Waals surface area contributed by atoms with E-state index in [0.29, 0.717) is 12.5 Å². The van der Waals surface area contributed by atoms with Gasteiger partial charge in [0.15, 0.2) is 0 Å². The molecule has 0 fully saturated rings. The standard InChI is InChI=1S/C24H24N4OS/c1-12(2)17-7-5-15(14(4)27-17)18-8-6-16-19(28-18)9-10-20-21(16)22-23(30-20)24(29)26-13(3)11-25-22/h5-10,12-13,25H,11H2,1-4H3,(H,26,29)/t13-/m1/s1. The predicted octanol–water partition coefficient (Wildman–Crippen LogP) is 5.49. The molecule has 3 aromatic heterocycles. The average Bonchev–Trinajstić information content (AvgIpc) is 3.04. The van der Waals surface area contributed by atoms with Crippen LogP contribution in [0.3, 0.4) is 0 Å². The van der Waals surface area contributed by atoms with Crippen LogP contribution in [0.1, 0.15) is 47.7 Å². The fourth-order valence-electron chi connectivity index (χ4n) is 4.05. The maximum Gasteiger partial charge on any atom is 0.263 e. The summed E-state index contributed by atoms with van der Waals surface area (Å²) >= 11 is 1.53. The van der Waals surface area contributed by atoms with Crippen molar-refractivity contribution in [3.05, 3.63) is 52.7 Å². The van der Waals surface area contributed by atoms with E-state index in [4.69, 9.17) is 9.97 Å². The number of thiophene rings is 1. The van der Waals surface area contributed by atoms with Gasteiger partial charge < -0.3 is 10.6 Å². The summed E-state index contributed by atoms with van der Waals surface area (Å²) in [5.41, 5.74) is 5.91. The van der Waals surface area contributed by atoms with Crippen molar-refractivity contribution in [1.29, 1.82) is 0 Å². The molecule has 0 saturated carbocycles. The highest BCUT2D eigenvalue weighted by atomic mass is 32.1. The number of hydrogen-bond acceptors (Lipinski definition) is 5. The summed E-state index contributed by atoms with van der Waals surface area (Å²) in [6.45, 7) is 9.06. The van der Waals surface area contributed by atoms with Crippen LogP contribution < -0.4 is 10.6 Å². The van der Waals surface area contributed by atoms with Crippen LogP contribution in [0, 0.1) is 6.92 Å². The highest BCUT2D eigenvalue weighted by molar-refractivity contribution is 7.21. The molecule has 4 heterocycles. The minimum atomic E-state index is -0.00614. The second-order valence-electron chi connectivity index (χ2n) is 8.29. The fourth-order valence-corrected chi connectivity index (χ4v) is 5.15. The Morgan fingerprint density at radius 1 is 1.10 bits per heavy atom. The molecule has 0 spiro atoms. The Kier molecular flexibility index (Phi) is 4.47. The van der Waals surface area contributed by atoms with Crippen molar-refractivity contribution >= 4 is 43.9 Å². The fraction of sp³-hybridized carbons (Fsp3) is 0.292. The number of aryl methyl sites for hydroxylation is 1. The lowest BCUT2D eigenvalue weighted by atomic mass is 10.0. The highest BCUT2D eigenvalue weighted by Crippen LogP contribution is 2.41. The van der Waals surface area contributed by atoms with E-state index < -0.39 is 0 Å². The molecule has 1 amide bonds. The van der Waals surface area contributed by atoms with Crippen LogP contribution in [0.4, 0.5) is 5.69 Å². The lowest BCUT2D eigenvalue weighted by Crippen LogP contribution is -2.34. The Bertz CT molecular complexity index is 1310. The molecule has 2 N–H and O–H groups in total. The number of amides is 1. The lowest BCUT2D eigenvalue weighted by molar-refractivity contribution is 0.0949. The van der Waals surface area contributed by atoms with Crippen LogP contribution in [0.5, 0.6) is 0 Å². The van der Waals surface area contributed by atoms with Gasteiger partial charge in [-0.15, -0.1) is 11.3 Å². The van der Waals surface area contributed by atoms with Crippen LogP contribution in [0.25, 0.3) is 32.2 Å². The Morgan fingerprint density at radius 2 is 1.93 bits per heavy atom. The zero-order valence-electron chi connectivity index (χ0n) is 17.5. The number of anilines is 1. The molecule has 0 bridgehead atoms. The molecule has 1 aromatic carbocycles. The van der Waals surface area contributed by atoms with Crippen molar-refractivity contribution in [1.82, 2.24) is 15.3 Å². The predicted molar refractivity (Wildman–Crippen MR) is 125 cm³/mol. The topological polar surface area (TPSA) is 66.9 Å². The van der Waals surface area contributed by atoms with E-state index in [1.54, 1.807) is 0 Å². The third-order valence-corrected chi connectivity index (χ3v) is 6.82. The van der Waals surface area contributed by atoms with Crippen LogP contribution in [-0.2, 0) is 0 Å². The van der Waals surface area contributed by atoms with Gasteiger partial charge in [0.25, 0.3) is 5.91 Å². The molecule has 5 rings (SSSR count). The number of nitrogens with one attached hydrogen (secondary N) is 2. The number of carbonyl (C=O) groups excluding carboxylic acids is 1. The van der Waals surface area contributed by atoms with E-state index in [1.165, 1.54) is 11.3 Å². The molecule has 0 radical (unpaired) electrons. The molecule has 0 saturated heterocycles. The lowest BCUT2D eigenvalue weighted by Gasteiger charge is -2.11. The smallest absolute Gasteiger partial charge is 0.263 e. The van der Waals surface area contributed by atoms with E-state index in [0.717, 1.165) is 54.2 Å². The van der Waals surface area contributed by atoms with Crippen molar-refractivity contribution in [2.24, 2.45) is 0 Å². The zero-order chi connectivity index (χ0) is 21.0. The normalized spacial score (nSPS) is 16.4. The summed E-state index contributed by atoms with van der Waals surface area (Å²) in [4.78, 5) is 23.1. The minimum absolute atomic E-state index is 0.00614. The van der Waals surface area contributed by atoms with Crippen molar-refractivity contribution in [2.75, 3.05) is 11.9 Å². The molecule has 5 nitrogen and oxygen atoms in total. The van der Waals surface area contributed by atoms with E-state index in [9.17, 15) is 4.79 Å². The van der Waals surface area contributed by atoms with Crippen molar-refractivity contribution in [2.45, 2.75) is 39.7 Å². The summed E-state index contributed by atoms with van der Waals surface area (Å²) < 4.78 is 1.10. The number of nitrogens with zero attached hydrogens (tertiary/aromatic N) is 2. The summed E-state index contributed by atoms with van der Waals surface area (Å²) in [5.74, 6) is 0.394. The van der Waals surface area contributed by atoms with Crippen LogP contribution in [0.15, 0.2) is 36.4 Å². The van der Waals surface area contributed by atoms with Crippen molar-refractivity contribution in [3.8, 4) is 11.3 Å². The Morgan fingerprint density at radius 3 is 2.70 bits per heavy atom. The van der Waals surface area contributed by atoms with Gasteiger partial charge in [0, 0.05) is 45.0 Å². The molecular formula is C24H24N4OS. The van der Waals surface area contributed by atoms with Crippen LogP contribution in [0.2, 0.25) is 0 Å². The van der Waals surface area contributed by atoms with Gasteiger partial charge in [-0.05, 0) is 56.2 Å². The number of aromatic nitrogens is 2. The Labute approximate surface area is 179 Å². The number of benzene rings is 1. The number of carbonyl (C=O) groups is 1. The van der Waals surface area contributed by atoms with Crippen LogP contribution in [-0.4, -0.2) is 28.5 Å². The first-order valence-corrected chi connectivity index (χ1v) is 11.1. The van der Waals surface area contributed by atoms with Crippen molar-refractivity contribution < 1.29 is 4.79 Å². The first kappa shape index (κ1) is 19.0. The van der Waals surface area contributed by atoms with Gasteiger partial charge in [0.2, 0.25) is 0 Å². The van der Waals surface area contributed by atoms with E-state index >= 15 is 0 Å². The van der Waals surface area contributed by atoms with Gasteiger partial charge in [-0.2, -0.15) is 0 Å². The molecule has 152 valence electrons. The molecule has 0 aliphatic carbocycles. The van der Waals surface area contributed by atoms with Gasteiger partial charge >= 0.3 is 0 Å². The van der Waals surface area contributed by atoms with Gasteiger partial charge in [0.1, 0.15) is 4.88 Å². The third kappa shape index (κ3) is 3.03. The van der Waals surface area contributed by atoms with E-state index in [1.807, 2.05) is 19.9 Å². The number of pyridine rings is 2. The maximum absolute atomic E-state index is 12.6. The van der Waals surface area contributed by atoms with Gasteiger partial charge in [-0.3, -0.25) is 9.78 Å². The summed E-state index contributed by atoms with van der Waals surface area (Å²) in [6, 6.07) is 12.6. The largest absolute Gasteiger partial charge is 0.381 e. The number of hydrogen-bond donors (Lipinski definition) is 2. The highest BCUT2D eigenvalue weighted by Gasteiger charge is 2.24. The second kappa shape index (κ2) is 7.06. The second-order valence-corrected chi connectivity index (χ2v) is 9.34. The number of rotatable bonds is 2. The van der Waals surface area contributed by atoms with Gasteiger partial charge in [-0.1, -0.05) is 13.8 Å². The molecule has 30 heavy (non-hydrogen) atoms. The molecule has 6 heteroatoms. The quantitative estimate of drug-likeness (QED) is 0.454. The molecule has 1 aliphatic heterocycles. The maximum atomic E-state index is 12.6. The summed E-state index contributed by atoms with van der Waals surface area (Å²) in [6.07, 6.45) is 0. The zero-order valence-corrected chi connectivity index (χ0v) is 18.4. The first-order valence-electron chi connectivity index (χ1n) is 10.3. The van der Waals surface area contributed by atoms with E-state index in [2.05, 4.69) is 54.8 Å². The summed E-state index contributed by atoms with van der Waals surface area (Å²) in [5, 5.41) is 8.67.